The Kier molecular flexibility index (Phi) is 10.9. The van der Waals surface area contributed by atoms with E-state index in [1.165, 1.54) is 18.2 Å². The van der Waals surface area contributed by atoms with Crippen molar-refractivity contribution in [3.63, 3.8) is 0 Å². The third-order valence-corrected chi connectivity index (χ3v) is 7.83. The van der Waals surface area contributed by atoms with Gasteiger partial charge in [0.2, 0.25) is 0 Å². The van der Waals surface area contributed by atoms with Crippen molar-refractivity contribution in [2.45, 2.75) is 53.9 Å². The highest BCUT2D eigenvalue weighted by molar-refractivity contribution is 8.00. The van der Waals surface area contributed by atoms with Crippen LogP contribution in [0.25, 0.3) is 0 Å². The zero-order valence-corrected chi connectivity index (χ0v) is 25.3. The molecule has 2 aromatic carbocycles. The van der Waals surface area contributed by atoms with Gasteiger partial charge < -0.3 is 17.1 Å². The lowest BCUT2D eigenvalue weighted by molar-refractivity contribution is -0.118. The Hall–Kier alpha value is -0.470. The smallest absolute Gasteiger partial charge is 0.158 e. The molecule has 1 heterocycles. The first-order valence-electron chi connectivity index (χ1n) is 11.4. The summed E-state index contributed by atoms with van der Waals surface area (Å²) in [6, 6.07) is 9.05. The average molecular weight is 637 g/mol. The van der Waals surface area contributed by atoms with Gasteiger partial charge in [-0.25, -0.2) is 8.78 Å². The molecule has 1 unspecified atom stereocenters. The van der Waals surface area contributed by atoms with Crippen LogP contribution in [0.15, 0.2) is 36.4 Å². The fourth-order valence-corrected chi connectivity index (χ4v) is 4.28. The summed E-state index contributed by atoms with van der Waals surface area (Å²) in [6.45, 7) is 0.637. The number of epoxide rings is 1. The molecule has 11 heteroatoms. The monoisotopic (exact) mass is 634 g/mol. The molecule has 0 amide bonds. The third-order valence-electron chi connectivity index (χ3n) is 6.04. The lowest BCUT2D eigenvalue weighted by Gasteiger charge is -2.17. The molecule has 1 saturated heterocycles. The molecule has 0 bridgehead atoms. The molecule has 2 saturated carbocycles. The Bertz CT molecular complexity index is 1170. The minimum atomic E-state index is -1.42. The molecule has 206 valence electrons. The summed E-state index contributed by atoms with van der Waals surface area (Å²) in [5, 5.41) is 0.745. The van der Waals surface area contributed by atoms with Gasteiger partial charge in [0.15, 0.2) is 5.78 Å². The van der Waals surface area contributed by atoms with E-state index in [4.69, 9.17) is 51.1 Å². The third kappa shape index (κ3) is 9.59. The van der Waals surface area contributed by atoms with E-state index in [0.29, 0.717) is 47.0 Å². The fraction of sp³-hybridized carbons (Fsp3) is 0.500. The summed E-state index contributed by atoms with van der Waals surface area (Å²) in [5.74, 6) is -0.828. The minimum absolute atomic E-state index is 0. The second kappa shape index (κ2) is 12.4. The summed E-state index contributed by atoms with van der Waals surface area (Å²) < 4.78 is 42.6. The predicted octanol–water partition coefficient (Wildman–Crippen LogP) is 4.30. The van der Waals surface area contributed by atoms with Crippen molar-refractivity contribution in [3.05, 3.63) is 69.2 Å². The van der Waals surface area contributed by atoms with Gasteiger partial charge in [-0.2, -0.15) is 0 Å². The number of ketones is 1. The number of alkyl halides is 2. The van der Waals surface area contributed by atoms with Crippen LogP contribution in [0.5, 0.6) is 0 Å². The largest absolute Gasteiger partial charge is 1.00 e. The summed E-state index contributed by atoms with van der Waals surface area (Å²) in [6.07, 6.45) is 9.05. The summed E-state index contributed by atoms with van der Waals surface area (Å²) in [4.78, 5) is 10.6. The van der Waals surface area contributed by atoms with Crippen molar-refractivity contribution in [2.75, 3.05) is 25.4 Å². The van der Waals surface area contributed by atoms with Crippen molar-refractivity contribution < 1.29 is 34.9 Å². The van der Waals surface area contributed by atoms with Gasteiger partial charge in [0.05, 0.1) is 21.4 Å². The number of hydrogen-bond acceptors (Lipinski definition) is 3. The average Bonchev–Trinajstić information content (AvgIpc) is 3.62. The number of halogens is 7. The van der Waals surface area contributed by atoms with Crippen LogP contribution in [-0.2, 0) is 36.5 Å². The molecule has 0 aromatic heterocycles. The maximum absolute atomic E-state index is 13.6. The molecule has 3 aliphatic rings. The van der Waals surface area contributed by atoms with Gasteiger partial charge in [-0.15, -0.1) is 27.4 Å². The van der Waals surface area contributed by atoms with E-state index in [1.807, 2.05) is 0 Å². The highest BCUT2D eigenvalue weighted by atomic mass is 35.5. The molecule has 3 fully saturated rings. The van der Waals surface area contributed by atoms with Crippen LogP contribution >= 0.6 is 46.4 Å². The summed E-state index contributed by atoms with van der Waals surface area (Å²) in [5.41, 5.74) is 0.661. The predicted molar refractivity (Wildman–Crippen MR) is 145 cm³/mol. The Morgan fingerprint density at radius 1 is 0.919 bits per heavy atom. The first kappa shape index (κ1) is 32.7. The molecule has 1 atom stereocenters. The highest BCUT2D eigenvalue weighted by Crippen LogP contribution is 2.59. The second-order valence-electron chi connectivity index (χ2n) is 10.2. The summed E-state index contributed by atoms with van der Waals surface area (Å²) >= 11 is 23.6. The second-order valence-corrected chi connectivity index (χ2v) is 16.0. The quantitative estimate of drug-likeness (QED) is 0.270. The van der Waals surface area contributed by atoms with Crippen LogP contribution < -0.4 is 12.4 Å². The molecule has 37 heavy (non-hydrogen) atoms. The first-order valence-corrected chi connectivity index (χ1v) is 15.7. The first-order chi connectivity index (χ1) is 16.6. The highest BCUT2D eigenvalue weighted by Gasteiger charge is 2.66. The Balaban J connectivity index is 0.000000217. The van der Waals surface area contributed by atoms with Gasteiger partial charge >= 0.3 is 0 Å². The topological polar surface area (TPSA) is 46.7 Å². The van der Waals surface area contributed by atoms with Crippen molar-refractivity contribution in [1.82, 2.24) is 0 Å². The standard InChI is InChI=1S/C12H11Cl2FO.C11H9Cl2FO.C3H9OS.ClH/c13-9-2-1-8(10(15)5-9)6-12(7-16-12)11(14)3-4-11;12-8-2-1-7(9(14)6-8)5-10(15)11(13)3-4-11;1-5(2,3)4;/h1-2,5H,3-4,6-7H2;1-2,6H,3-5H2;1-3H3;1H/q;;+1;/p-1. The number of Topliss-reactive ketones (excluding diaryl/α,β-unsaturated/α-hetero) is 1. The van der Waals surface area contributed by atoms with E-state index in [2.05, 4.69) is 0 Å². The van der Waals surface area contributed by atoms with Gasteiger partial charge in [-0.3, -0.25) is 4.79 Å². The zero-order valence-electron chi connectivity index (χ0n) is 20.7. The molecule has 2 aromatic rings. The number of benzene rings is 2. The molecule has 0 radical (unpaired) electrons. The number of ether oxygens (including phenoxy) is 1. The Morgan fingerprint density at radius 2 is 1.35 bits per heavy atom. The van der Waals surface area contributed by atoms with Crippen LogP contribution in [0, 0.1) is 11.6 Å². The number of hydrogen-bond donors (Lipinski definition) is 0. The molecular weight excluding hydrogens is 608 g/mol. The SMILES string of the molecule is C[S+](C)(C)=O.Fc1cc(Cl)ccc1CC1(C2(Cl)CC2)CO1.O=C(Cc1ccc(Cl)cc1F)C1(Cl)CC1.[Cl-]. The lowest BCUT2D eigenvalue weighted by Crippen LogP contribution is -3.00. The van der Waals surface area contributed by atoms with E-state index in [1.54, 1.807) is 37.0 Å². The van der Waals surface area contributed by atoms with Crippen molar-refractivity contribution in [3.8, 4) is 0 Å². The molecule has 0 spiro atoms. The van der Waals surface area contributed by atoms with Crippen LogP contribution in [0.4, 0.5) is 8.78 Å². The number of carbonyl (C=O) groups is 1. The van der Waals surface area contributed by atoms with E-state index < -0.39 is 20.6 Å². The molecule has 2 aliphatic carbocycles. The molecular formula is C26H29Cl5F2O3S. The van der Waals surface area contributed by atoms with Gasteiger partial charge in [-0.1, -0.05) is 35.3 Å². The Morgan fingerprint density at radius 3 is 1.70 bits per heavy atom. The molecule has 1 aliphatic heterocycles. The fourth-order valence-electron chi connectivity index (χ4n) is 3.53. The van der Waals surface area contributed by atoms with Crippen LogP contribution in [0.3, 0.4) is 0 Å². The summed E-state index contributed by atoms with van der Waals surface area (Å²) in [7, 11) is -1.42. The van der Waals surface area contributed by atoms with E-state index >= 15 is 0 Å². The molecule has 5 rings (SSSR count). The van der Waals surface area contributed by atoms with E-state index in [9.17, 15) is 17.8 Å². The zero-order chi connectivity index (χ0) is 26.9. The van der Waals surface area contributed by atoms with Gasteiger partial charge in [0.25, 0.3) is 0 Å². The normalized spacial score (nSPS) is 21.8. The van der Waals surface area contributed by atoms with Crippen LogP contribution in [-0.4, -0.2) is 46.5 Å². The van der Waals surface area contributed by atoms with Gasteiger partial charge in [0, 0.05) is 22.9 Å². The van der Waals surface area contributed by atoms with Gasteiger partial charge in [0.1, 0.15) is 40.9 Å². The minimum Gasteiger partial charge on any atom is -1.00 e. The lowest BCUT2D eigenvalue weighted by atomic mass is 9.94. The van der Waals surface area contributed by atoms with Crippen LogP contribution in [0.1, 0.15) is 36.8 Å². The van der Waals surface area contributed by atoms with Crippen molar-refractivity contribution in [2.24, 2.45) is 0 Å². The van der Waals surface area contributed by atoms with Crippen molar-refractivity contribution in [1.29, 1.82) is 0 Å². The van der Waals surface area contributed by atoms with Crippen LogP contribution in [0.2, 0.25) is 10.0 Å². The Labute approximate surface area is 244 Å². The van der Waals surface area contributed by atoms with E-state index in [0.717, 1.165) is 12.8 Å². The molecule has 3 nitrogen and oxygen atoms in total. The maximum Gasteiger partial charge on any atom is 0.158 e. The maximum atomic E-state index is 13.6. The van der Waals surface area contributed by atoms with Crippen molar-refractivity contribution >= 4 is 62.1 Å². The van der Waals surface area contributed by atoms with E-state index in [-0.39, 0.29) is 40.9 Å². The van der Waals surface area contributed by atoms with Gasteiger partial charge in [-0.05, 0) is 61.1 Å². The number of rotatable bonds is 6. The number of carbonyl (C=O) groups excluding carboxylic acids is 1. The molecule has 0 N–H and O–H groups in total.